The summed E-state index contributed by atoms with van der Waals surface area (Å²) in [5, 5.41) is 13.6. The summed E-state index contributed by atoms with van der Waals surface area (Å²) in [5.41, 5.74) is 1.62. The molecule has 0 radical (unpaired) electrons. The van der Waals surface area contributed by atoms with Crippen molar-refractivity contribution in [2.45, 2.75) is 47.0 Å². The largest absolute Gasteiger partial charge is 0.481 e. The molecule has 0 amide bonds. The lowest BCUT2D eigenvalue weighted by molar-refractivity contribution is -0.142. The Bertz CT molecular complexity index is 823. The number of rotatable bonds is 9. The summed E-state index contributed by atoms with van der Waals surface area (Å²) >= 11 is 5.97. The quantitative estimate of drug-likeness (QED) is 0.527. The van der Waals surface area contributed by atoms with Crippen molar-refractivity contribution in [1.82, 2.24) is 4.98 Å². The number of aliphatic carboxylic acids is 1. The molecular weight excluding hydrogens is 386 g/mol. The Kier molecular flexibility index (Phi) is 7.53. The van der Waals surface area contributed by atoms with E-state index in [0.29, 0.717) is 22.7 Å². The van der Waals surface area contributed by atoms with Gasteiger partial charge in [-0.3, -0.25) is 4.79 Å². The molecule has 0 aliphatic carbocycles. The van der Waals surface area contributed by atoms with Crippen LogP contribution < -0.4 is 10.2 Å². The predicted octanol–water partition coefficient (Wildman–Crippen LogP) is 5.96. The maximum Gasteiger partial charge on any atom is 0.313 e. The minimum Gasteiger partial charge on any atom is -0.481 e. The van der Waals surface area contributed by atoms with Gasteiger partial charge in [-0.2, -0.15) is 0 Å². The first-order chi connectivity index (χ1) is 13.5. The van der Waals surface area contributed by atoms with Crippen LogP contribution in [0.15, 0.2) is 36.5 Å². The smallest absolute Gasteiger partial charge is 0.313 e. The lowest BCUT2D eigenvalue weighted by Crippen LogP contribution is -2.32. The summed E-state index contributed by atoms with van der Waals surface area (Å²) in [5.74, 6) is 0.785. The molecule has 0 unspecified atom stereocenters. The van der Waals surface area contributed by atoms with Crippen LogP contribution >= 0.6 is 11.6 Å². The van der Waals surface area contributed by atoms with Crippen molar-refractivity contribution in [1.29, 1.82) is 0 Å². The molecule has 158 valence electrons. The van der Waals surface area contributed by atoms with Crippen molar-refractivity contribution >= 4 is 34.8 Å². The third kappa shape index (κ3) is 6.10. The van der Waals surface area contributed by atoms with Crippen molar-refractivity contribution in [3.63, 3.8) is 0 Å². The number of hydrogen-bond acceptors (Lipinski definition) is 4. The van der Waals surface area contributed by atoms with Gasteiger partial charge in [-0.05, 0) is 55.5 Å². The van der Waals surface area contributed by atoms with Crippen LogP contribution in [-0.2, 0) is 10.2 Å². The van der Waals surface area contributed by atoms with Gasteiger partial charge >= 0.3 is 5.97 Å². The second kappa shape index (κ2) is 9.49. The minimum atomic E-state index is -0.997. The number of carbonyl (C=O) groups is 1. The molecule has 29 heavy (non-hydrogen) atoms. The lowest BCUT2D eigenvalue weighted by Gasteiger charge is -2.31. The van der Waals surface area contributed by atoms with E-state index in [0.717, 1.165) is 30.0 Å². The molecule has 0 aliphatic rings. The molecule has 5 nitrogen and oxygen atoms in total. The number of anilines is 3. The SMILES string of the molecule is CC(C)CN(CC(C)C)c1ccc(C(C)(C)C(=O)O)cc1Nc1ccc(Cl)cn1. The molecule has 0 fully saturated rings. The summed E-state index contributed by atoms with van der Waals surface area (Å²) < 4.78 is 0. The molecule has 2 rings (SSSR count). The molecule has 0 atom stereocenters. The number of hydrogen-bond donors (Lipinski definition) is 2. The van der Waals surface area contributed by atoms with Gasteiger partial charge in [0.2, 0.25) is 0 Å². The van der Waals surface area contributed by atoms with E-state index in [9.17, 15) is 9.90 Å². The lowest BCUT2D eigenvalue weighted by atomic mass is 9.84. The third-order valence-electron chi connectivity index (χ3n) is 4.75. The van der Waals surface area contributed by atoms with Gasteiger partial charge in [-0.25, -0.2) is 4.98 Å². The number of halogens is 1. The topological polar surface area (TPSA) is 65.5 Å². The minimum absolute atomic E-state index is 0.491. The summed E-state index contributed by atoms with van der Waals surface area (Å²) in [7, 11) is 0. The van der Waals surface area contributed by atoms with Gasteiger partial charge in [0.15, 0.2) is 0 Å². The van der Waals surface area contributed by atoms with Gasteiger partial charge in [0.05, 0.1) is 21.8 Å². The van der Waals surface area contributed by atoms with E-state index < -0.39 is 11.4 Å². The Morgan fingerprint density at radius 1 is 1.14 bits per heavy atom. The zero-order chi connectivity index (χ0) is 21.8. The van der Waals surface area contributed by atoms with Crippen LogP contribution in [0.1, 0.15) is 47.1 Å². The molecule has 0 saturated heterocycles. The van der Waals surface area contributed by atoms with Gasteiger partial charge in [0, 0.05) is 19.3 Å². The van der Waals surface area contributed by atoms with E-state index in [1.54, 1.807) is 26.1 Å². The number of nitrogens with one attached hydrogen (secondary N) is 1. The van der Waals surface area contributed by atoms with Crippen molar-refractivity contribution in [3.8, 4) is 0 Å². The first-order valence-electron chi connectivity index (χ1n) is 10.0. The van der Waals surface area contributed by atoms with E-state index in [1.165, 1.54) is 0 Å². The highest BCUT2D eigenvalue weighted by Crippen LogP contribution is 2.35. The van der Waals surface area contributed by atoms with Crippen molar-refractivity contribution in [2.24, 2.45) is 11.8 Å². The summed E-state index contributed by atoms with van der Waals surface area (Å²) in [6.45, 7) is 14.0. The maximum absolute atomic E-state index is 11.8. The van der Waals surface area contributed by atoms with Crippen LogP contribution in [0, 0.1) is 11.8 Å². The van der Waals surface area contributed by atoms with E-state index in [4.69, 9.17) is 11.6 Å². The number of nitrogens with zero attached hydrogens (tertiary/aromatic N) is 2. The van der Waals surface area contributed by atoms with Crippen LogP contribution in [-0.4, -0.2) is 29.1 Å². The molecule has 0 aliphatic heterocycles. The third-order valence-corrected chi connectivity index (χ3v) is 4.98. The highest BCUT2D eigenvalue weighted by Gasteiger charge is 2.30. The summed E-state index contributed by atoms with van der Waals surface area (Å²) in [6.07, 6.45) is 1.59. The van der Waals surface area contributed by atoms with Crippen molar-refractivity contribution in [2.75, 3.05) is 23.3 Å². The van der Waals surface area contributed by atoms with Gasteiger partial charge in [0.1, 0.15) is 5.82 Å². The molecule has 2 aromatic rings. The number of carboxylic acids is 1. The van der Waals surface area contributed by atoms with Gasteiger partial charge in [-0.15, -0.1) is 0 Å². The average molecular weight is 418 g/mol. The molecule has 2 N–H and O–H groups in total. The predicted molar refractivity (Wildman–Crippen MR) is 122 cm³/mol. The second-order valence-corrected chi connectivity index (χ2v) is 9.28. The van der Waals surface area contributed by atoms with E-state index >= 15 is 0 Å². The molecule has 0 bridgehead atoms. The maximum atomic E-state index is 11.8. The summed E-state index contributed by atoms with van der Waals surface area (Å²) in [6, 6.07) is 9.45. The Labute approximate surface area is 179 Å². The molecule has 1 aromatic heterocycles. The zero-order valence-corrected chi connectivity index (χ0v) is 18.9. The Balaban J connectivity index is 2.55. The number of carboxylic acid groups (broad SMARTS) is 1. The van der Waals surface area contributed by atoms with E-state index in [2.05, 4.69) is 42.9 Å². The molecular formula is C23H32ClN3O2. The fourth-order valence-electron chi connectivity index (χ4n) is 3.16. The van der Waals surface area contributed by atoms with Gasteiger partial charge in [0.25, 0.3) is 0 Å². The van der Waals surface area contributed by atoms with E-state index in [-0.39, 0.29) is 0 Å². The van der Waals surface area contributed by atoms with Crippen molar-refractivity contribution < 1.29 is 9.90 Å². The fraction of sp³-hybridized carbons (Fsp3) is 0.478. The Morgan fingerprint density at radius 2 is 1.76 bits per heavy atom. The fourth-order valence-corrected chi connectivity index (χ4v) is 3.28. The van der Waals surface area contributed by atoms with Crippen LogP contribution in [0.2, 0.25) is 5.02 Å². The second-order valence-electron chi connectivity index (χ2n) is 8.84. The highest BCUT2D eigenvalue weighted by molar-refractivity contribution is 6.30. The highest BCUT2D eigenvalue weighted by atomic mass is 35.5. The normalized spacial score (nSPS) is 11.8. The number of benzene rings is 1. The number of aromatic nitrogens is 1. The first-order valence-corrected chi connectivity index (χ1v) is 10.4. The Hall–Kier alpha value is -2.27. The average Bonchev–Trinajstić information content (AvgIpc) is 2.62. The van der Waals surface area contributed by atoms with E-state index in [1.807, 2.05) is 24.3 Å². The molecule has 0 spiro atoms. The number of pyridine rings is 1. The van der Waals surface area contributed by atoms with Crippen molar-refractivity contribution in [3.05, 3.63) is 47.1 Å². The van der Waals surface area contributed by atoms with Crippen LogP contribution in [0.5, 0.6) is 0 Å². The zero-order valence-electron chi connectivity index (χ0n) is 18.2. The van der Waals surface area contributed by atoms with Crippen LogP contribution in [0.4, 0.5) is 17.2 Å². The standard InChI is InChI=1S/C23H32ClN3O2/c1-15(2)13-27(14-16(3)4)20-9-7-17(23(5,6)22(28)29)11-19(20)26-21-10-8-18(24)12-25-21/h7-12,15-16H,13-14H2,1-6H3,(H,25,26)(H,28,29). The molecule has 0 saturated carbocycles. The molecule has 1 heterocycles. The summed E-state index contributed by atoms with van der Waals surface area (Å²) in [4.78, 5) is 18.5. The van der Waals surface area contributed by atoms with Crippen LogP contribution in [0.25, 0.3) is 0 Å². The monoisotopic (exact) mass is 417 g/mol. The molecule has 1 aromatic carbocycles. The Morgan fingerprint density at radius 3 is 2.24 bits per heavy atom. The first kappa shape index (κ1) is 23.0. The van der Waals surface area contributed by atoms with Crippen LogP contribution in [0.3, 0.4) is 0 Å². The van der Waals surface area contributed by atoms with Gasteiger partial charge in [-0.1, -0.05) is 45.4 Å². The molecule has 6 heteroatoms. The van der Waals surface area contributed by atoms with Gasteiger partial charge < -0.3 is 15.3 Å².